The minimum atomic E-state index is -0.281. The zero-order chi connectivity index (χ0) is 21.1. The quantitative estimate of drug-likeness (QED) is 0.846. The highest BCUT2D eigenvalue weighted by Gasteiger charge is 2.32. The number of pyridine rings is 1. The van der Waals surface area contributed by atoms with Gasteiger partial charge in [-0.1, -0.05) is 18.6 Å². The van der Waals surface area contributed by atoms with Gasteiger partial charge in [0, 0.05) is 50.1 Å². The van der Waals surface area contributed by atoms with Gasteiger partial charge in [0.05, 0.1) is 11.3 Å². The van der Waals surface area contributed by atoms with E-state index in [2.05, 4.69) is 10.3 Å². The van der Waals surface area contributed by atoms with Gasteiger partial charge in [0.2, 0.25) is 5.91 Å². The Kier molecular flexibility index (Phi) is 5.79. The molecule has 4 rings (SSSR count). The van der Waals surface area contributed by atoms with Crippen LogP contribution in [0.5, 0.6) is 0 Å². The lowest BCUT2D eigenvalue weighted by atomic mass is 9.84. The van der Waals surface area contributed by atoms with Crippen LogP contribution in [0, 0.1) is 12.8 Å². The summed E-state index contributed by atoms with van der Waals surface area (Å²) in [5.41, 5.74) is 2.30. The van der Waals surface area contributed by atoms with Crippen LogP contribution in [0.3, 0.4) is 0 Å². The number of benzene rings is 1. The van der Waals surface area contributed by atoms with Crippen LogP contribution in [0.15, 0.2) is 42.7 Å². The summed E-state index contributed by atoms with van der Waals surface area (Å²) < 4.78 is 0. The van der Waals surface area contributed by atoms with Gasteiger partial charge in [0.15, 0.2) is 0 Å². The number of amides is 3. The van der Waals surface area contributed by atoms with Crippen molar-refractivity contribution in [2.75, 3.05) is 31.5 Å². The van der Waals surface area contributed by atoms with E-state index in [1.54, 1.807) is 35.5 Å². The number of para-hydroxylation sites is 1. The van der Waals surface area contributed by atoms with Crippen LogP contribution in [0.25, 0.3) is 0 Å². The molecular formula is C23H26N4O3. The van der Waals surface area contributed by atoms with E-state index in [1.165, 1.54) is 0 Å². The molecule has 1 aliphatic carbocycles. The Labute approximate surface area is 176 Å². The standard InChI is InChI=1S/C23H26N4O3/c1-16-4-2-7-19(20(16)25-21(28)17-8-10-24-11-9-17)23(30)27-14-12-26(13-15-27)22(29)18-5-3-6-18/h2,4,7-11,18H,3,5-6,12-15H2,1H3,(H,25,28). The van der Waals surface area contributed by atoms with Crippen LogP contribution in [-0.2, 0) is 4.79 Å². The van der Waals surface area contributed by atoms with Crippen molar-refractivity contribution in [1.82, 2.24) is 14.8 Å². The molecule has 0 unspecified atom stereocenters. The van der Waals surface area contributed by atoms with E-state index < -0.39 is 0 Å². The summed E-state index contributed by atoms with van der Waals surface area (Å²) in [4.78, 5) is 45.9. The Morgan fingerprint density at radius 3 is 2.27 bits per heavy atom. The SMILES string of the molecule is Cc1cccc(C(=O)N2CCN(C(=O)C3CCC3)CC2)c1NC(=O)c1ccncc1. The largest absolute Gasteiger partial charge is 0.339 e. The second kappa shape index (κ2) is 8.65. The molecule has 2 aliphatic rings. The van der Waals surface area contributed by atoms with Crippen molar-refractivity contribution in [2.24, 2.45) is 5.92 Å². The van der Waals surface area contributed by atoms with Crippen molar-refractivity contribution in [3.05, 3.63) is 59.4 Å². The van der Waals surface area contributed by atoms with Crippen molar-refractivity contribution in [3.8, 4) is 0 Å². The van der Waals surface area contributed by atoms with Gasteiger partial charge in [0.25, 0.3) is 11.8 Å². The molecule has 2 fully saturated rings. The van der Waals surface area contributed by atoms with Crippen molar-refractivity contribution in [1.29, 1.82) is 0 Å². The van der Waals surface area contributed by atoms with Crippen LogP contribution in [0.2, 0.25) is 0 Å². The fourth-order valence-electron chi connectivity index (χ4n) is 3.91. The molecule has 30 heavy (non-hydrogen) atoms. The molecule has 1 aromatic heterocycles. The average Bonchev–Trinajstić information content (AvgIpc) is 2.74. The predicted octanol–water partition coefficient (Wildman–Crippen LogP) is 2.73. The molecule has 0 bridgehead atoms. The van der Waals surface area contributed by atoms with Gasteiger partial charge in [-0.2, -0.15) is 0 Å². The second-order valence-electron chi connectivity index (χ2n) is 7.93. The lowest BCUT2D eigenvalue weighted by Crippen LogP contribution is -2.52. The molecule has 1 saturated heterocycles. The number of rotatable bonds is 4. The lowest BCUT2D eigenvalue weighted by molar-refractivity contribution is -0.139. The molecule has 1 saturated carbocycles. The maximum atomic E-state index is 13.2. The monoisotopic (exact) mass is 406 g/mol. The Hall–Kier alpha value is -3.22. The highest BCUT2D eigenvalue weighted by Crippen LogP contribution is 2.29. The Bertz CT molecular complexity index is 948. The number of anilines is 1. The molecule has 7 heteroatoms. The number of piperazine rings is 1. The van der Waals surface area contributed by atoms with Gasteiger partial charge in [-0.3, -0.25) is 19.4 Å². The van der Waals surface area contributed by atoms with E-state index in [0.29, 0.717) is 43.0 Å². The van der Waals surface area contributed by atoms with Crippen LogP contribution in [0.4, 0.5) is 5.69 Å². The third-order valence-corrected chi connectivity index (χ3v) is 6.02. The minimum Gasteiger partial charge on any atom is -0.339 e. The summed E-state index contributed by atoms with van der Waals surface area (Å²) in [5, 5.41) is 2.89. The van der Waals surface area contributed by atoms with E-state index in [1.807, 2.05) is 24.0 Å². The number of hydrogen-bond donors (Lipinski definition) is 1. The zero-order valence-electron chi connectivity index (χ0n) is 17.1. The summed E-state index contributed by atoms with van der Waals surface area (Å²) in [6, 6.07) is 8.69. The minimum absolute atomic E-state index is 0.125. The summed E-state index contributed by atoms with van der Waals surface area (Å²) in [6.07, 6.45) is 6.23. The van der Waals surface area contributed by atoms with Gasteiger partial charge < -0.3 is 15.1 Å². The first-order valence-electron chi connectivity index (χ1n) is 10.4. The average molecular weight is 406 g/mol. The van der Waals surface area contributed by atoms with Crippen molar-refractivity contribution >= 4 is 23.4 Å². The van der Waals surface area contributed by atoms with E-state index in [4.69, 9.17) is 0 Å². The molecule has 1 N–H and O–H groups in total. The maximum Gasteiger partial charge on any atom is 0.256 e. The number of carbonyl (C=O) groups is 3. The third kappa shape index (κ3) is 4.06. The van der Waals surface area contributed by atoms with Crippen molar-refractivity contribution in [3.63, 3.8) is 0 Å². The van der Waals surface area contributed by atoms with Crippen molar-refractivity contribution in [2.45, 2.75) is 26.2 Å². The van der Waals surface area contributed by atoms with E-state index >= 15 is 0 Å². The number of nitrogens with zero attached hydrogens (tertiary/aromatic N) is 3. The van der Waals surface area contributed by atoms with E-state index in [0.717, 1.165) is 24.8 Å². The molecule has 1 aromatic carbocycles. The molecule has 156 valence electrons. The Morgan fingerprint density at radius 1 is 0.967 bits per heavy atom. The maximum absolute atomic E-state index is 13.2. The Balaban J connectivity index is 1.46. The van der Waals surface area contributed by atoms with Crippen LogP contribution < -0.4 is 5.32 Å². The first-order chi connectivity index (χ1) is 14.5. The molecule has 3 amide bonds. The highest BCUT2D eigenvalue weighted by atomic mass is 16.2. The normalized spacial score (nSPS) is 16.7. The summed E-state index contributed by atoms with van der Waals surface area (Å²) in [6.45, 7) is 4.00. The van der Waals surface area contributed by atoms with Crippen LogP contribution in [0.1, 0.15) is 45.5 Å². The predicted molar refractivity (Wildman–Crippen MR) is 113 cm³/mol. The van der Waals surface area contributed by atoms with Gasteiger partial charge in [-0.05, 0) is 43.5 Å². The molecular weight excluding hydrogens is 380 g/mol. The summed E-state index contributed by atoms with van der Waals surface area (Å²) in [5.74, 6) is 0.00405. The zero-order valence-corrected chi connectivity index (χ0v) is 17.1. The van der Waals surface area contributed by atoms with Gasteiger partial charge in [-0.15, -0.1) is 0 Å². The fraction of sp³-hybridized carbons (Fsp3) is 0.391. The van der Waals surface area contributed by atoms with Gasteiger partial charge in [0.1, 0.15) is 0 Å². The fourth-order valence-corrected chi connectivity index (χ4v) is 3.91. The molecule has 1 aliphatic heterocycles. The summed E-state index contributed by atoms with van der Waals surface area (Å²) in [7, 11) is 0. The first-order valence-corrected chi connectivity index (χ1v) is 10.4. The number of hydrogen-bond acceptors (Lipinski definition) is 4. The second-order valence-corrected chi connectivity index (χ2v) is 7.93. The molecule has 2 aromatic rings. The summed E-state index contributed by atoms with van der Waals surface area (Å²) >= 11 is 0. The molecule has 7 nitrogen and oxygen atoms in total. The Morgan fingerprint density at radius 2 is 1.63 bits per heavy atom. The number of aromatic nitrogens is 1. The molecule has 2 heterocycles. The highest BCUT2D eigenvalue weighted by molar-refractivity contribution is 6.09. The van der Waals surface area contributed by atoms with Gasteiger partial charge in [-0.25, -0.2) is 0 Å². The van der Waals surface area contributed by atoms with E-state index in [-0.39, 0.29) is 23.6 Å². The first kappa shape index (κ1) is 20.1. The number of nitrogens with one attached hydrogen (secondary N) is 1. The van der Waals surface area contributed by atoms with Crippen molar-refractivity contribution < 1.29 is 14.4 Å². The van der Waals surface area contributed by atoms with Crippen LogP contribution in [-0.4, -0.2) is 58.7 Å². The lowest BCUT2D eigenvalue weighted by Gasteiger charge is -2.38. The van der Waals surface area contributed by atoms with Gasteiger partial charge >= 0.3 is 0 Å². The van der Waals surface area contributed by atoms with E-state index in [9.17, 15) is 14.4 Å². The molecule has 0 radical (unpaired) electrons. The molecule has 0 spiro atoms. The number of aryl methyl sites for hydroxylation is 1. The number of carbonyl (C=O) groups excluding carboxylic acids is 3. The molecule has 0 atom stereocenters. The third-order valence-electron chi connectivity index (χ3n) is 6.02. The smallest absolute Gasteiger partial charge is 0.256 e. The topological polar surface area (TPSA) is 82.6 Å². The van der Waals surface area contributed by atoms with Crippen LogP contribution >= 0.6 is 0 Å².